The lowest BCUT2D eigenvalue weighted by Crippen LogP contribution is -2.14. The number of hydrogen-bond donors (Lipinski definition) is 0. The lowest BCUT2D eigenvalue weighted by molar-refractivity contribution is 0.118. The van der Waals surface area contributed by atoms with Crippen molar-refractivity contribution in [2.75, 3.05) is 0 Å². The lowest BCUT2D eigenvalue weighted by Gasteiger charge is -2.16. The van der Waals surface area contributed by atoms with Gasteiger partial charge in [-0.05, 0) is 12.0 Å². The van der Waals surface area contributed by atoms with Gasteiger partial charge in [0, 0.05) is 5.92 Å². The molecule has 0 aromatic heterocycles. The van der Waals surface area contributed by atoms with Crippen molar-refractivity contribution in [3.05, 3.63) is 36.0 Å². The highest BCUT2D eigenvalue weighted by atomic mass is 16.5. The van der Waals surface area contributed by atoms with E-state index in [0.29, 0.717) is 18.1 Å². The zero-order valence-electron chi connectivity index (χ0n) is 6.23. The quantitative estimate of drug-likeness (QED) is 0.474. The largest absolute Gasteiger partial charge is 0.361 e. The maximum Gasteiger partial charge on any atom is 0.0983 e. The molecule has 11 heavy (non-hydrogen) atoms. The summed E-state index contributed by atoms with van der Waals surface area (Å²) in [5.41, 5.74) is 1.49. The number of allylic oxidation sites excluding steroid dienone is 2. The van der Waals surface area contributed by atoms with Gasteiger partial charge < -0.3 is 4.74 Å². The first kappa shape index (κ1) is 5.78. The maximum atomic E-state index is 5.69. The summed E-state index contributed by atoms with van der Waals surface area (Å²) in [5, 5.41) is 0. The molecule has 3 rings (SSSR count). The smallest absolute Gasteiger partial charge is 0.0983 e. The summed E-state index contributed by atoms with van der Waals surface area (Å²) in [6.07, 6.45) is 12.9. The monoisotopic (exact) mass is 146 g/mol. The van der Waals surface area contributed by atoms with Crippen molar-refractivity contribution in [2.45, 2.75) is 18.6 Å². The Hall–Kier alpha value is -0.820. The van der Waals surface area contributed by atoms with Crippen LogP contribution in [0.25, 0.3) is 0 Å². The highest BCUT2D eigenvalue weighted by Gasteiger charge is 2.39. The molecule has 0 aromatic carbocycles. The van der Waals surface area contributed by atoms with Crippen molar-refractivity contribution < 1.29 is 4.74 Å². The molecule has 2 heterocycles. The average molecular weight is 146 g/mol. The van der Waals surface area contributed by atoms with Crippen molar-refractivity contribution in [1.29, 1.82) is 0 Å². The van der Waals surface area contributed by atoms with E-state index in [2.05, 4.69) is 30.4 Å². The van der Waals surface area contributed by atoms with E-state index in [0.717, 1.165) is 6.42 Å². The van der Waals surface area contributed by atoms with Crippen LogP contribution in [0.15, 0.2) is 36.0 Å². The molecule has 3 unspecified atom stereocenters. The van der Waals surface area contributed by atoms with Crippen molar-refractivity contribution in [2.24, 2.45) is 5.92 Å². The second-order valence-corrected chi connectivity index (χ2v) is 3.30. The number of fused-ring (bicyclic) bond motifs is 5. The third kappa shape index (κ3) is 0.641. The molecule has 1 saturated heterocycles. The summed E-state index contributed by atoms with van der Waals surface area (Å²) in [6.45, 7) is 0. The third-order valence-electron chi connectivity index (χ3n) is 2.68. The van der Waals surface area contributed by atoms with Gasteiger partial charge in [0.25, 0.3) is 0 Å². The number of hydrogen-bond acceptors (Lipinski definition) is 1. The third-order valence-corrected chi connectivity index (χ3v) is 2.68. The topological polar surface area (TPSA) is 9.23 Å². The molecular formula is C10H10O. The zero-order chi connectivity index (χ0) is 7.26. The van der Waals surface area contributed by atoms with Crippen LogP contribution < -0.4 is 0 Å². The second-order valence-electron chi connectivity index (χ2n) is 3.30. The number of ether oxygens (including phenoxy) is 1. The Morgan fingerprint density at radius 2 is 2.27 bits per heavy atom. The molecule has 1 heteroatoms. The maximum absolute atomic E-state index is 5.69. The Balaban J connectivity index is 2.09. The molecule has 0 saturated carbocycles. The van der Waals surface area contributed by atoms with E-state index in [4.69, 9.17) is 4.74 Å². The van der Waals surface area contributed by atoms with Crippen molar-refractivity contribution in [1.82, 2.24) is 0 Å². The van der Waals surface area contributed by atoms with Crippen molar-refractivity contribution in [3.8, 4) is 0 Å². The molecule has 1 aliphatic carbocycles. The van der Waals surface area contributed by atoms with E-state index in [9.17, 15) is 0 Å². The fourth-order valence-corrected chi connectivity index (χ4v) is 2.15. The summed E-state index contributed by atoms with van der Waals surface area (Å²) >= 11 is 0. The molecule has 0 amide bonds. The Kier molecular flexibility index (Phi) is 0.977. The summed E-state index contributed by atoms with van der Waals surface area (Å²) < 4.78 is 5.69. The molecule has 1 nitrogen and oxygen atoms in total. The van der Waals surface area contributed by atoms with Crippen LogP contribution in [0.5, 0.6) is 0 Å². The van der Waals surface area contributed by atoms with Crippen LogP contribution in [0, 0.1) is 5.92 Å². The molecule has 56 valence electrons. The Morgan fingerprint density at radius 3 is 3.18 bits per heavy atom. The zero-order valence-corrected chi connectivity index (χ0v) is 6.23. The van der Waals surface area contributed by atoms with Crippen LogP contribution in [-0.2, 0) is 4.74 Å². The van der Waals surface area contributed by atoms with Crippen LogP contribution in [-0.4, -0.2) is 12.2 Å². The normalized spacial score (nSPS) is 44.4. The first-order valence-electron chi connectivity index (χ1n) is 4.15. The molecule has 1 fully saturated rings. The minimum absolute atomic E-state index is 0.315. The van der Waals surface area contributed by atoms with Gasteiger partial charge in [0.2, 0.25) is 0 Å². The van der Waals surface area contributed by atoms with Crippen LogP contribution in [0.2, 0.25) is 0 Å². The molecule has 0 radical (unpaired) electrons. The van der Waals surface area contributed by atoms with Crippen LogP contribution >= 0.6 is 0 Å². The minimum Gasteiger partial charge on any atom is -0.361 e. The summed E-state index contributed by atoms with van der Waals surface area (Å²) in [6, 6.07) is 0. The van der Waals surface area contributed by atoms with Gasteiger partial charge in [-0.3, -0.25) is 0 Å². The summed E-state index contributed by atoms with van der Waals surface area (Å²) in [4.78, 5) is 0. The fraction of sp³-hybridized carbons (Fsp3) is 0.400. The second kappa shape index (κ2) is 1.86. The van der Waals surface area contributed by atoms with Crippen LogP contribution in [0.3, 0.4) is 0 Å². The predicted octanol–water partition coefficient (Wildman–Crippen LogP) is 1.83. The minimum atomic E-state index is 0.315. The molecule has 3 atom stereocenters. The van der Waals surface area contributed by atoms with E-state index in [1.165, 1.54) is 5.57 Å². The van der Waals surface area contributed by atoms with E-state index in [1.807, 2.05) is 0 Å². The molecule has 2 aliphatic heterocycles. The van der Waals surface area contributed by atoms with Gasteiger partial charge in [0.15, 0.2) is 0 Å². The van der Waals surface area contributed by atoms with Crippen LogP contribution in [0.1, 0.15) is 6.42 Å². The molecule has 3 aliphatic rings. The molecule has 0 spiro atoms. The van der Waals surface area contributed by atoms with Gasteiger partial charge in [-0.1, -0.05) is 30.4 Å². The van der Waals surface area contributed by atoms with Crippen LogP contribution in [0.4, 0.5) is 0 Å². The molecule has 2 bridgehead atoms. The van der Waals surface area contributed by atoms with Gasteiger partial charge in [-0.2, -0.15) is 0 Å². The fourth-order valence-electron chi connectivity index (χ4n) is 2.15. The Bertz CT molecular complexity index is 273. The first-order valence-corrected chi connectivity index (χ1v) is 4.15. The predicted molar refractivity (Wildman–Crippen MR) is 43.1 cm³/mol. The average Bonchev–Trinajstić information content (AvgIpc) is 2.64. The standard InChI is InChI=1S/C10H10O/c1-2-4-8-7(3-1)9-5-6-10(8)11-9/h1,3-7,9-10H,2H2. The molecule has 0 N–H and O–H groups in total. The van der Waals surface area contributed by atoms with Gasteiger partial charge in [-0.25, -0.2) is 0 Å². The number of rotatable bonds is 0. The van der Waals surface area contributed by atoms with Gasteiger partial charge in [0.1, 0.15) is 0 Å². The summed E-state index contributed by atoms with van der Waals surface area (Å²) in [5.74, 6) is 0.568. The summed E-state index contributed by atoms with van der Waals surface area (Å²) in [7, 11) is 0. The van der Waals surface area contributed by atoms with E-state index >= 15 is 0 Å². The molecule has 0 aromatic rings. The van der Waals surface area contributed by atoms with Crippen molar-refractivity contribution in [3.63, 3.8) is 0 Å². The first-order chi connectivity index (χ1) is 5.45. The van der Waals surface area contributed by atoms with E-state index in [1.54, 1.807) is 0 Å². The highest BCUT2D eigenvalue weighted by Crippen LogP contribution is 2.40. The highest BCUT2D eigenvalue weighted by molar-refractivity contribution is 5.37. The Labute approximate surface area is 66.1 Å². The SMILES string of the molecule is C1=CC2C(=CC1)C1C=CC2O1. The van der Waals surface area contributed by atoms with Crippen molar-refractivity contribution >= 4 is 0 Å². The van der Waals surface area contributed by atoms with Gasteiger partial charge in [0.05, 0.1) is 12.2 Å². The Morgan fingerprint density at radius 1 is 1.27 bits per heavy atom. The van der Waals surface area contributed by atoms with E-state index < -0.39 is 0 Å². The van der Waals surface area contributed by atoms with Gasteiger partial charge in [-0.15, -0.1) is 0 Å². The lowest BCUT2D eigenvalue weighted by atomic mass is 9.85. The van der Waals surface area contributed by atoms with Gasteiger partial charge >= 0.3 is 0 Å². The van der Waals surface area contributed by atoms with E-state index in [-0.39, 0.29) is 0 Å². The molecular weight excluding hydrogens is 136 g/mol.